The molecule has 0 unspecified atom stereocenters. The van der Waals surface area contributed by atoms with Gasteiger partial charge in [-0.3, -0.25) is 0 Å². The third-order valence-corrected chi connectivity index (χ3v) is 9.66. The van der Waals surface area contributed by atoms with Crippen LogP contribution in [0.1, 0.15) is 22.3 Å². The Morgan fingerprint density at radius 1 is 0.442 bits per heavy atom. The average Bonchev–Trinajstić information content (AvgIpc) is 3.56. The van der Waals surface area contributed by atoms with E-state index in [9.17, 15) is 0 Å². The van der Waals surface area contributed by atoms with Gasteiger partial charge in [-0.1, -0.05) is 127 Å². The number of hydrogen-bond acceptors (Lipinski definition) is 1. The van der Waals surface area contributed by atoms with Crippen LogP contribution < -0.4 is 4.74 Å². The topological polar surface area (TPSA) is 14.2 Å². The molecule has 7 aromatic carbocycles. The summed E-state index contributed by atoms with van der Waals surface area (Å²) in [5.41, 5.74) is 10.6. The Morgan fingerprint density at radius 3 is 1.88 bits per heavy atom. The van der Waals surface area contributed by atoms with Crippen molar-refractivity contribution < 1.29 is 4.74 Å². The summed E-state index contributed by atoms with van der Waals surface area (Å²) in [5.74, 6) is 1.86. The van der Waals surface area contributed by atoms with Crippen LogP contribution in [0.5, 0.6) is 11.5 Å². The SMILES string of the molecule is c1ccc2c(c1)Oc1c(ccc3c1c1ccccc1n3-c1cccc3ccccc13)C21c2ccccc2-c2ccccc21. The van der Waals surface area contributed by atoms with Gasteiger partial charge in [0, 0.05) is 21.9 Å². The Morgan fingerprint density at radius 2 is 1.07 bits per heavy atom. The summed E-state index contributed by atoms with van der Waals surface area (Å²) in [6.45, 7) is 0. The van der Waals surface area contributed by atoms with Crippen molar-refractivity contribution in [1.29, 1.82) is 0 Å². The lowest BCUT2D eigenvalue weighted by Crippen LogP contribution is -2.32. The van der Waals surface area contributed by atoms with Crippen molar-refractivity contribution in [3.63, 3.8) is 0 Å². The molecule has 0 bridgehead atoms. The van der Waals surface area contributed by atoms with E-state index in [1.165, 1.54) is 60.7 Å². The Balaban J connectivity index is 1.39. The van der Waals surface area contributed by atoms with Gasteiger partial charge < -0.3 is 9.30 Å². The summed E-state index contributed by atoms with van der Waals surface area (Å²) in [5, 5.41) is 4.80. The highest BCUT2D eigenvalue weighted by atomic mass is 16.5. The molecule has 43 heavy (non-hydrogen) atoms. The number of fused-ring (bicyclic) bond motifs is 14. The first kappa shape index (κ1) is 23.0. The molecule has 0 atom stereocenters. The molecule has 1 aliphatic carbocycles. The quantitative estimate of drug-likeness (QED) is 0.199. The van der Waals surface area contributed by atoms with E-state index in [1.54, 1.807) is 0 Å². The van der Waals surface area contributed by atoms with Gasteiger partial charge in [-0.05, 0) is 51.9 Å². The second-order valence-corrected chi connectivity index (χ2v) is 11.6. The van der Waals surface area contributed by atoms with Crippen LogP contribution in [-0.4, -0.2) is 4.57 Å². The first-order chi connectivity index (χ1) is 21.4. The number of hydrogen-bond donors (Lipinski definition) is 0. The van der Waals surface area contributed by atoms with Gasteiger partial charge in [0.2, 0.25) is 0 Å². The highest BCUT2D eigenvalue weighted by Crippen LogP contribution is 2.63. The van der Waals surface area contributed by atoms with Gasteiger partial charge in [0.1, 0.15) is 11.5 Å². The van der Waals surface area contributed by atoms with Crippen molar-refractivity contribution in [2.45, 2.75) is 5.41 Å². The van der Waals surface area contributed by atoms with E-state index in [0.717, 1.165) is 22.4 Å². The van der Waals surface area contributed by atoms with E-state index >= 15 is 0 Å². The van der Waals surface area contributed by atoms with Crippen LogP contribution in [0.2, 0.25) is 0 Å². The lowest BCUT2D eigenvalue weighted by atomic mass is 9.66. The fraction of sp³-hybridized carbons (Fsp3) is 0.0244. The van der Waals surface area contributed by atoms with Gasteiger partial charge >= 0.3 is 0 Å². The molecule has 0 radical (unpaired) electrons. The molecule has 0 fully saturated rings. The van der Waals surface area contributed by atoms with Crippen LogP contribution in [-0.2, 0) is 5.41 Å². The predicted octanol–water partition coefficient (Wildman–Crippen LogP) is 10.4. The Hall–Kier alpha value is -5.60. The minimum atomic E-state index is -0.478. The maximum absolute atomic E-state index is 7.04. The van der Waals surface area contributed by atoms with E-state index in [0.29, 0.717) is 0 Å². The first-order valence-corrected chi connectivity index (χ1v) is 14.9. The molecule has 2 heterocycles. The van der Waals surface area contributed by atoms with Gasteiger partial charge in [0.05, 0.1) is 27.5 Å². The third-order valence-electron chi connectivity index (χ3n) is 9.66. The number of rotatable bonds is 1. The largest absolute Gasteiger partial charge is 0.456 e. The molecule has 1 spiro atoms. The average molecular weight is 548 g/mol. The van der Waals surface area contributed by atoms with E-state index in [-0.39, 0.29) is 0 Å². The Kier molecular flexibility index (Phi) is 4.41. The molecule has 0 N–H and O–H groups in total. The number of benzene rings is 7. The van der Waals surface area contributed by atoms with Gasteiger partial charge in [0.25, 0.3) is 0 Å². The van der Waals surface area contributed by atoms with Crippen LogP contribution >= 0.6 is 0 Å². The molecule has 200 valence electrons. The molecule has 1 aromatic heterocycles. The summed E-state index contributed by atoms with van der Waals surface area (Å²) >= 11 is 0. The smallest absolute Gasteiger partial charge is 0.142 e. The van der Waals surface area contributed by atoms with E-state index in [4.69, 9.17) is 4.74 Å². The zero-order chi connectivity index (χ0) is 28.1. The molecule has 2 aliphatic rings. The molecular weight excluding hydrogens is 522 g/mol. The van der Waals surface area contributed by atoms with Gasteiger partial charge in [-0.25, -0.2) is 0 Å². The second kappa shape index (κ2) is 8.24. The number of ether oxygens (including phenoxy) is 1. The van der Waals surface area contributed by atoms with Crippen molar-refractivity contribution >= 4 is 32.6 Å². The summed E-state index contributed by atoms with van der Waals surface area (Å²) < 4.78 is 9.46. The lowest BCUT2D eigenvalue weighted by Gasteiger charge is -2.39. The maximum atomic E-state index is 7.04. The van der Waals surface area contributed by atoms with Crippen LogP contribution in [0.15, 0.2) is 152 Å². The van der Waals surface area contributed by atoms with Crippen LogP contribution in [0.25, 0.3) is 49.4 Å². The van der Waals surface area contributed by atoms with Crippen LogP contribution in [0.3, 0.4) is 0 Å². The summed E-state index contributed by atoms with van der Waals surface area (Å²) in [6, 6.07) is 55.0. The summed E-state index contributed by atoms with van der Waals surface area (Å²) in [7, 11) is 0. The highest BCUT2D eigenvalue weighted by Gasteiger charge is 2.51. The number of nitrogens with zero attached hydrogens (tertiary/aromatic N) is 1. The fourth-order valence-electron chi connectivity index (χ4n) is 8.03. The van der Waals surface area contributed by atoms with Gasteiger partial charge in [-0.2, -0.15) is 0 Å². The van der Waals surface area contributed by atoms with E-state index < -0.39 is 5.41 Å². The molecule has 8 aromatic rings. The fourth-order valence-corrected chi connectivity index (χ4v) is 8.03. The predicted molar refractivity (Wildman–Crippen MR) is 176 cm³/mol. The van der Waals surface area contributed by atoms with E-state index in [2.05, 4.69) is 156 Å². The molecular formula is C41H25NO. The second-order valence-electron chi connectivity index (χ2n) is 11.6. The lowest BCUT2D eigenvalue weighted by molar-refractivity contribution is 0.442. The zero-order valence-electron chi connectivity index (χ0n) is 23.3. The highest BCUT2D eigenvalue weighted by molar-refractivity contribution is 6.14. The molecule has 0 saturated heterocycles. The van der Waals surface area contributed by atoms with Crippen molar-refractivity contribution in [3.8, 4) is 28.3 Å². The maximum Gasteiger partial charge on any atom is 0.142 e. The van der Waals surface area contributed by atoms with Crippen LogP contribution in [0.4, 0.5) is 0 Å². The van der Waals surface area contributed by atoms with Crippen molar-refractivity contribution in [2.75, 3.05) is 0 Å². The number of aromatic nitrogens is 1. The molecule has 10 rings (SSSR count). The standard InChI is InChI=1S/C41H25NO/c1-2-14-27-26(12-1)13-11-22-35(27)42-36-21-9-5-17-30(36)39-37(42)25-24-34-40(39)43-38-23-10-8-20-33(38)41(34)31-18-6-3-15-28(31)29-16-4-7-19-32(29)41/h1-25H. The van der Waals surface area contributed by atoms with Crippen LogP contribution in [0, 0.1) is 0 Å². The molecule has 1 aliphatic heterocycles. The Bertz CT molecular complexity index is 2400. The normalized spacial score (nSPS) is 14.0. The minimum absolute atomic E-state index is 0.478. The summed E-state index contributed by atoms with van der Waals surface area (Å²) in [6.07, 6.45) is 0. The minimum Gasteiger partial charge on any atom is -0.456 e. The number of para-hydroxylation sites is 2. The Labute approximate surface area is 249 Å². The van der Waals surface area contributed by atoms with Gasteiger partial charge in [0.15, 0.2) is 0 Å². The zero-order valence-corrected chi connectivity index (χ0v) is 23.3. The first-order valence-electron chi connectivity index (χ1n) is 14.9. The van der Waals surface area contributed by atoms with Crippen molar-refractivity contribution in [1.82, 2.24) is 4.57 Å². The van der Waals surface area contributed by atoms with Crippen molar-refractivity contribution in [3.05, 3.63) is 174 Å². The third kappa shape index (κ3) is 2.78. The van der Waals surface area contributed by atoms with E-state index in [1.807, 2.05) is 0 Å². The summed E-state index contributed by atoms with van der Waals surface area (Å²) in [4.78, 5) is 0. The molecule has 0 saturated carbocycles. The van der Waals surface area contributed by atoms with Gasteiger partial charge in [-0.15, -0.1) is 0 Å². The molecule has 0 amide bonds. The van der Waals surface area contributed by atoms with Crippen molar-refractivity contribution in [2.24, 2.45) is 0 Å². The molecule has 2 heteroatoms. The monoisotopic (exact) mass is 547 g/mol. The molecule has 2 nitrogen and oxygen atoms in total.